The smallest absolute Gasteiger partial charge is 0.376 e. The molecule has 0 aliphatic carbocycles. The van der Waals surface area contributed by atoms with Gasteiger partial charge in [0.2, 0.25) is 0 Å². The summed E-state index contributed by atoms with van der Waals surface area (Å²) in [5.41, 5.74) is -2.71. The van der Waals surface area contributed by atoms with E-state index in [9.17, 15) is 35.1 Å². The zero-order chi connectivity index (χ0) is 27.2. The Kier molecular flexibility index (Phi) is 7.74. The molecule has 3 heterocycles. The highest BCUT2D eigenvalue weighted by molar-refractivity contribution is 7.91. The van der Waals surface area contributed by atoms with Crippen LogP contribution in [0.25, 0.3) is 0 Å². The molecule has 0 unspecified atom stereocenters. The average Bonchev–Trinajstić information content (AvgIpc) is 3.36. The number of benzene rings is 1. The summed E-state index contributed by atoms with van der Waals surface area (Å²) >= 11 is 1.13. The third-order valence-corrected chi connectivity index (χ3v) is 12.1. The van der Waals surface area contributed by atoms with Crippen LogP contribution in [0.15, 0.2) is 46.0 Å². The van der Waals surface area contributed by atoms with Gasteiger partial charge >= 0.3 is 6.18 Å². The molecule has 1 aromatic heterocycles. The van der Waals surface area contributed by atoms with Crippen molar-refractivity contribution in [3.63, 3.8) is 0 Å². The highest BCUT2D eigenvalue weighted by Crippen LogP contribution is 2.39. The Hall–Kier alpha value is -1.71. The van der Waals surface area contributed by atoms with Crippen LogP contribution < -0.4 is 4.90 Å². The number of nitrogens with zero attached hydrogens (tertiary/aromatic N) is 3. The summed E-state index contributed by atoms with van der Waals surface area (Å²) in [6.07, 6.45) is -4.84. The normalized spacial score (nSPS) is 25.6. The van der Waals surface area contributed by atoms with Crippen LogP contribution in [0.4, 0.5) is 18.9 Å². The first kappa shape index (κ1) is 28.3. The molecule has 2 saturated heterocycles. The van der Waals surface area contributed by atoms with Crippen LogP contribution in [0.5, 0.6) is 0 Å². The number of aliphatic hydroxyl groups is 1. The van der Waals surface area contributed by atoms with E-state index in [1.165, 1.54) is 28.6 Å². The van der Waals surface area contributed by atoms with Gasteiger partial charge in [-0.1, -0.05) is 18.2 Å². The van der Waals surface area contributed by atoms with Gasteiger partial charge in [0, 0.05) is 44.5 Å². The van der Waals surface area contributed by atoms with Gasteiger partial charge in [0.25, 0.3) is 10.0 Å². The van der Waals surface area contributed by atoms with E-state index in [1.54, 1.807) is 17.5 Å². The fourth-order valence-corrected chi connectivity index (χ4v) is 9.03. The molecule has 2 aliphatic heterocycles. The average molecular weight is 582 g/mol. The predicted octanol–water partition coefficient (Wildman–Crippen LogP) is 2.52. The second-order valence-electron chi connectivity index (χ2n) is 9.72. The van der Waals surface area contributed by atoms with Crippen LogP contribution in [0, 0.1) is 0 Å². The number of hydrogen-bond acceptors (Lipinski definition) is 8. The first-order valence-electron chi connectivity index (χ1n) is 11.8. The molecule has 0 spiro atoms. The second-order valence-corrected chi connectivity index (χ2v) is 15.1. The number of alkyl halides is 3. The lowest BCUT2D eigenvalue weighted by Gasteiger charge is -2.45. The lowest BCUT2D eigenvalue weighted by atomic mass is 9.95. The maximum atomic E-state index is 13.3. The summed E-state index contributed by atoms with van der Waals surface area (Å²) in [5, 5.41) is 11.7. The van der Waals surface area contributed by atoms with Crippen molar-refractivity contribution in [3.05, 3.63) is 47.3 Å². The topological polar surface area (TPSA) is 98.2 Å². The summed E-state index contributed by atoms with van der Waals surface area (Å²) in [7, 11) is -6.86. The molecule has 3 atom stereocenters. The van der Waals surface area contributed by atoms with E-state index < -0.39 is 31.6 Å². The van der Waals surface area contributed by atoms with Gasteiger partial charge in [0.1, 0.15) is 4.21 Å². The van der Waals surface area contributed by atoms with E-state index in [0.717, 1.165) is 11.3 Å². The van der Waals surface area contributed by atoms with Crippen LogP contribution in [-0.2, 0) is 25.5 Å². The highest BCUT2D eigenvalue weighted by atomic mass is 32.2. The minimum Gasteiger partial charge on any atom is -0.376 e. The van der Waals surface area contributed by atoms with Gasteiger partial charge in [0.15, 0.2) is 15.4 Å². The summed E-state index contributed by atoms with van der Waals surface area (Å²) in [5.74, 6) is 0.0284. The Bertz CT molecular complexity index is 1300. The zero-order valence-corrected chi connectivity index (χ0v) is 22.9. The van der Waals surface area contributed by atoms with E-state index in [1.807, 2.05) is 16.7 Å². The second kappa shape index (κ2) is 10.1. The van der Waals surface area contributed by atoms with Gasteiger partial charge in [-0.25, -0.2) is 16.8 Å². The number of rotatable bonds is 6. The molecule has 0 bridgehead atoms. The van der Waals surface area contributed by atoms with Crippen LogP contribution >= 0.6 is 11.3 Å². The van der Waals surface area contributed by atoms with E-state index in [2.05, 4.69) is 0 Å². The Morgan fingerprint density at radius 3 is 2.35 bits per heavy atom. The van der Waals surface area contributed by atoms with Crippen molar-refractivity contribution in [2.24, 2.45) is 0 Å². The fraction of sp³-hybridized carbons (Fsp3) is 0.565. The van der Waals surface area contributed by atoms with Gasteiger partial charge in [0.05, 0.1) is 17.5 Å². The van der Waals surface area contributed by atoms with Gasteiger partial charge in [-0.05, 0) is 43.0 Å². The molecule has 0 saturated carbocycles. The monoisotopic (exact) mass is 581 g/mol. The SMILES string of the molecule is C[C@H]1CS(=O)(=O)CCN1C[C@H]1CN(S(=O)(=O)c2cccs2)CCN1c1ccc([C@@](C)(O)C(F)(F)F)cc1. The molecule has 2 aliphatic rings. The molecule has 0 amide bonds. The third-order valence-electron chi connectivity index (χ3n) is 7.10. The Labute approximate surface area is 219 Å². The number of halogens is 3. The van der Waals surface area contributed by atoms with E-state index in [0.29, 0.717) is 32.2 Å². The van der Waals surface area contributed by atoms with Crippen LogP contribution in [0.2, 0.25) is 0 Å². The molecule has 1 aromatic carbocycles. The first-order chi connectivity index (χ1) is 17.1. The van der Waals surface area contributed by atoms with Gasteiger partial charge in [-0.3, -0.25) is 4.90 Å². The quantitative estimate of drug-likeness (QED) is 0.560. The van der Waals surface area contributed by atoms with Crippen molar-refractivity contribution in [2.45, 2.75) is 41.9 Å². The summed E-state index contributed by atoms with van der Waals surface area (Å²) in [6.45, 7) is 3.84. The molecule has 2 fully saturated rings. The molecule has 4 rings (SSSR count). The van der Waals surface area contributed by atoms with Crippen LogP contribution in [0.3, 0.4) is 0 Å². The van der Waals surface area contributed by atoms with Crippen LogP contribution in [-0.4, -0.2) is 93.6 Å². The van der Waals surface area contributed by atoms with Crippen molar-refractivity contribution >= 4 is 36.9 Å². The number of piperazine rings is 1. The first-order valence-corrected chi connectivity index (χ1v) is 15.9. The molecule has 8 nitrogen and oxygen atoms in total. The van der Waals surface area contributed by atoms with E-state index >= 15 is 0 Å². The molecule has 37 heavy (non-hydrogen) atoms. The lowest BCUT2D eigenvalue weighted by Crippen LogP contribution is -2.60. The largest absolute Gasteiger partial charge is 0.421 e. The van der Waals surface area contributed by atoms with Gasteiger partial charge in [-0.15, -0.1) is 11.3 Å². The number of sulfone groups is 1. The fourth-order valence-electron chi connectivity index (χ4n) is 4.79. The number of thiophene rings is 1. The van der Waals surface area contributed by atoms with Crippen molar-refractivity contribution in [3.8, 4) is 0 Å². The predicted molar refractivity (Wildman–Crippen MR) is 136 cm³/mol. The Morgan fingerprint density at radius 2 is 1.78 bits per heavy atom. The Morgan fingerprint density at radius 1 is 1.11 bits per heavy atom. The van der Waals surface area contributed by atoms with Crippen molar-refractivity contribution < 1.29 is 35.1 Å². The van der Waals surface area contributed by atoms with Gasteiger partial charge < -0.3 is 10.0 Å². The standard InChI is InChI=1S/C23H30F3N3O5S3/c1-17-16-36(31,32)13-11-27(17)14-20-15-28(37(33,34)21-4-3-12-35-21)9-10-29(20)19-7-5-18(6-8-19)22(2,30)23(24,25)26/h3-8,12,17,20,30H,9-11,13-16H2,1-2H3/t17-,20-,22+/m0/s1. The van der Waals surface area contributed by atoms with Gasteiger partial charge in [-0.2, -0.15) is 17.5 Å². The van der Waals surface area contributed by atoms with Crippen molar-refractivity contribution in [2.75, 3.05) is 49.1 Å². The number of sulfonamides is 1. The van der Waals surface area contributed by atoms with Crippen LogP contribution in [0.1, 0.15) is 19.4 Å². The molecular formula is C23H30F3N3O5S3. The van der Waals surface area contributed by atoms with E-state index in [-0.39, 0.29) is 46.5 Å². The van der Waals surface area contributed by atoms with Crippen molar-refractivity contribution in [1.29, 1.82) is 0 Å². The summed E-state index contributed by atoms with van der Waals surface area (Å²) < 4.78 is 92.1. The number of hydrogen-bond donors (Lipinski definition) is 1. The zero-order valence-electron chi connectivity index (χ0n) is 20.4. The molecule has 0 radical (unpaired) electrons. The number of anilines is 1. The molecular weight excluding hydrogens is 551 g/mol. The molecule has 206 valence electrons. The van der Waals surface area contributed by atoms with E-state index in [4.69, 9.17) is 0 Å². The highest BCUT2D eigenvalue weighted by Gasteiger charge is 2.51. The minimum absolute atomic E-state index is 0.0121. The van der Waals surface area contributed by atoms with Crippen molar-refractivity contribution in [1.82, 2.24) is 9.21 Å². The summed E-state index contributed by atoms with van der Waals surface area (Å²) in [4.78, 5) is 3.96. The maximum Gasteiger partial charge on any atom is 0.421 e. The maximum absolute atomic E-state index is 13.3. The summed E-state index contributed by atoms with van der Waals surface area (Å²) in [6, 6.07) is 8.03. The Balaban J connectivity index is 1.61. The lowest BCUT2D eigenvalue weighted by molar-refractivity contribution is -0.258. The molecule has 14 heteroatoms. The molecule has 2 aromatic rings. The third kappa shape index (κ3) is 5.83. The minimum atomic E-state index is -4.84. The molecule has 1 N–H and O–H groups in total.